The van der Waals surface area contributed by atoms with Crippen LogP contribution in [0.5, 0.6) is 0 Å². The first-order valence-corrected chi connectivity index (χ1v) is 5.90. The molecule has 0 amide bonds. The molecule has 2 aromatic heterocycles. The van der Waals surface area contributed by atoms with E-state index in [-0.39, 0.29) is 0 Å². The molecule has 2 heterocycles. The van der Waals surface area contributed by atoms with Gasteiger partial charge in [0.1, 0.15) is 0 Å². The number of nitrogens with zero attached hydrogens (tertiary/aromatic N) is 2. The fourth-order valence-electron chi connectivity index (χ4n) is 1.75. The minimum Gasteiger partial charge on any atom is -0.399 e. The summed E-state index contributed by atoms with van der Waals surface area (Å²) in [5.74, 6) is 2.65. The predicted molar refractivity (Wildman–Crippen MR) is 73.7 cm³/mol. The van der Waals surface area contributed by atoms with E-state index in [0.29, 0.717) is 5.69 Å². The smallest absolute Gasteiger partial charge is 0.0906 e. The lowest BCUT2D eigenvalue weighted by molar-refractivity contribution is 0.856. The molecule has 0 spiro atoms. The summed E-state index contributed by atoms with van der Waals surface area (Å²) in [7, 11) is 0. The van der Waals surface area contributed by atoms with Gasteiger partial charge in [0.15, 0.2) is 0 Å². The highest BCUT2D eigenvalue weighted by Crippen LogP contribution is 2.18. The Bertz CT molecular complexity index is 570. The number of nitrogens with two attached hydrogens (primary N) is 1. The van der Waals surface area contributed by atoms with E-state index < -0.39 is 0 Å². The SMILES string of the molecule is C#CCCCc1ccnc(-c2cc(N)ccn2)c1. The summed E-state index contributed by atoms with van der Waals surface area (Å²) in [6.07, 6.45) is 11.5. The number of aryl methyl sites for hydroxylation is 1. The van der Waals surface area contributed by atoms with Crippen LogP contribution in [0.4, 0.5) is 5.69 Å². The largest absolute Gasteiger partial charge is 0.399 e. The van der Waals surface area contributed by atoms with E-state index >= 15 is 0 Å². The second kappa shape index (κ2) is 5.83. The van der Waals surface area contributed by atoms with Gasteiger partial charge in [0.25, 0.3) is 0 Å². The summed E-state index contributed by atoms with van der Waals surface area (Å²) in [6.45, 7) is 0. The number of hydrogen-bond acceptors (Lipinski definition) is 3. The summed E-state index contributed by atoms with van der Waals surface area (Å²) in [5, 5.41) is 0. The number of terminal acetylenes is 1. The molecule has 3 nitrogen and oxygen atoms in total. The van der Waals surface area contributed by atoms with Crippen LogP contribution in [0.2, 0.25) is 0 Å². The fraction of sp³-hybridized carbons (Fsp3) is 0.200. The van der Waals surface area contributed by atoms with Crippen LogP contribution in [0.15, 0.2) is 36.7 Å². The van der Waals surface area contributed by atoms with Crippen molar-refractivity contribution >= 4 is 5.69 Å². The molecule has 0 unspecified atom stereocenters. The molecular weight excluding hydrogens is 222 g/mol. The molecule has 0 aliphatic rings. The van der Waals surface area contributed by atoms with Gasteiger partial charge in [0.2, 0.25) is 0 Å². The van der Waals surface area contributed by atoms with Crippen LogP contribution in [0, 0.1) is 12.3 Å². The minimum atomic E-state index is 0.694. The van der Waals surface area contributed by atoms with Crippen molar-refractivity contribution in [3.63, 3.8) is 0 Å². The number of rotatable bonds is 4. The lowest BCUT2D eigenvalue weighted by Crippen LogP contribution is -1.93. The maximum absolute atomic E-state index is 5.74. The second-order valence-electron chi connectivity index (χ2n) is 4.08. The third kappa shape index (κ3) is 3.08. The molecule has 0 aromatic carbocycles. The Hall–Kier alpha value is -2.34. The summed E-state index contributed by atoms with van der Waals surface area (Å²) >= 11 is 0. The molecule has 0 aliphatic carbocycles. The maximum Gasteiger partial charge on any atom is 0.0906 e. The lowest BCUT2D eigenvalue weighted by atomic mass is 10.1. The molecule has 18 heavy (non-hydrogen) atoms. The number of aromatic nitrogens is 2. The summed E-state index contributed by atoms with van der Waals surface area (Å²) in [4.78, 5) is 8.59. The monoisotopic (exact) mass is 237 g/mol. The molecule has 0 aliphatic heterocycles. The van der Waals surface area contributed by atoms with Crippen LogP contribution >= 0.6 is 0 Å². The van der Waals surface area contributed by atoms with Gasteiger partial charge in [-0.1, -0.05) is 0 Å². The van der Waals surface area contributed by atoms with Crippen molar-refractivity contribution in [1.29, 1.82) is 0 Å². The maximum atomic E-state index is 5.74. The Morgan fingerprint density at radius 2 is 1.83 bits per heavy atom. The molecule has 0 saturated carbocycles. The molecule has 2 aromatic rings. The summed E-state index contributed by atoms with van der Waals surface area (Å²) in [6, 6.07) is 7.64. The predicted octanol–water partition coefficient (Wildman–Crippen LogP) is 2.68. The second-order valence-corrected chi connectivity index (χ2v) is 4.08. The molecule has 0 atom stereocenters. The first kappa shape index (κ1) is 12.1. The van der Waals surface area contributed by atoms with Crippen LogP contribution in [-0.2, 0) is 6.42 Å². The number of unbranched alkanes of at least 4 members (excludes halogenated alkanes) is 1. The van der Waals surface area contributed by atoms with Gasteiger partial charge in [-0.05, 0) is 42.7 Å². The minimum absolute atomic E-state index is 0.694. The van der Waals surface area contributed by atoms with Crippen LogP contribution in [0.25, 0.3) is 11.4 Å². The van der Waals surface area contributed by atoms with Gasteiger partial charge >= 0.3 is 0 Å². The van der Waals surface area contributed by atoms with Gasteiger partial charge in [-0.15, -0.1) is 12.3 Å². The molecule has 0 bridgehead atoms. The van der Waals surface area contributed by atoms with Gasteiger partial charge in [0.05, 0.1) is 11.4 Å². The number of pyridine rings is 2. The molecular formula is C15H15N3. The van der Waals surface area contributed by atoms with E-state index in [1.807, 2.05) is 18.2 Å². The highest BCUT2D eigenvalue weighted by Gasteiger charge is 2.02. The molecule has 0 fully saturated rings. The van der Waals surface area contributed by atoms with Crippen molar-refractivity contribution < 1.29 is 0 Å². The zero-order valence-corrected chi connectivity index (χ0v) is 10.1. The average molecular weight is 237 g/mol. The zero-order valence-electron chi connectivity index (χ0n) is 10.1. The first-order chi connectivity index (χ1) is 8.79. The van der Waals surface area contributed by atoms with Gasteiger partial charge in [-0.3, -0.25) is 9.97 Å². The average Bonchev–Trinajstić information content (AvgIpc) is 2.39. The molecule has 0 radical (unpaired) electrons. The van der Waals surface area contributed by atoms with Crippen molar-refractivity contribution in [2.45, 2.75) is 19.3 Å². The van der Waals surface area contributed by atoms with Crippen molar-refractivity contribution in [2.75, 3.05) is 5.73 Å². The van der Waals surface area contributed by atoms with E-state index in [0.717, 1.165) is 30.7 Å². The summed E-state index contributed by atoms with van der Waals surface area (Å²) in [5.41, 5.74) is 9.31. The van der Waals surface area contributed by atoms with Crippen molar-refractivity contribution in [2.24, 2.45) is 0 Å². The van der Waals surface area contributed by atoms with Crippen molar-refractivity contribution in [3.8, 4) is 23.7 Å². The fourth-order valence-corrected chi connectivity index (χ4v) is 1.75. The topological polar surface area (TPSA) is 51.8 Å². The summed E-state index contributed by atoms with van der Waals surface area (Å²) < 4.78 is 0. The third-order valence-electron chi connectivity index (χ3n) is 2.66. The van der Waals surface area contributed by atoms with E-state index in [4.69, 9.17) is 12.2 Å². The Balaban J connectivity index is 2.19. The zero-order chi connectivity index (χ0) is 12.8. The highest BCUT2D eigenvalue weighted by molar-refractivity contribution is 5.59. The lowest BCUT2D eigenvalue weighted by Gasteiger charge is -2.04. The quantitative estimate of drug-likeness (QED) is 0.657. The third-order valence-corrected chi connectivity index (χ3v) is 2.66. The Morgan fingerprint density at radius 3 is 2.56 bits per heavy atom. The molecule has 90 valence electrons. The molecule has 0 saturated heterocycles. The highest BCUT2D eigenvalue weighted by atomic mass is 14.8. The molecule has 2 N–H and O–H groups in total. The van der Waals surface area contributed by atoms with E-state index in [2.05, 4.69) is 15.9 Å². The van der Waals surface area contributed by atoms with E-state index in [1.54, 1.807) is 18.5 Å². The van der Waals surface area contributed by atoms with Gasteiger partial charge < -0.3 is 5.73 Å². The van der Waals surface area contributed by atoms with E-state index in [9.17, 15) is 0 Å². The molecule has 3 heteroatoms. The van der Waals surface area contributed by atoms with Crippen molar-refractivity contribution in [1.82, 2.24) is 9.97 Å². The standard InChI is InChI=1S/C15H15N3/c1-2-3-4-5-12-6-8-17-14(10-12)15-11-13(16)7-9-18-15/h1,6-11H,3-5H2,(H2,16,18). The Kier molecular flexibility index (Phi) is 3.93. The van der Waals surface area contributed by atoms with Crippen LogP contribution in [-0.4, -0.2) is 9.97 Å². The van der Waals surface area contributed by atoms with Crippen LogP contribution in [0.3, 0.4) is 0 Å². The first-order valence-electron chi connectivity index (χ1n) is 5.90. The van der Waals surface area contributed by atoms with E-state index in [1.165, 1.54) is 5.56 Å². The normalized spacial score (nSPS) is 9.94. The molecule has 2 rings (SSSR count). The Labute approximate surface area is 107 Å². The van der Waals surface area contributed by atoms with Crippen LogP contribution in [0.1, 0.15) is 18.4 Å². The number of hydrogen-bond donors (Lipinski definition) is 1. The Morgan fingerprint density at radius 1 is 1.11 bits per heavy atom. The van der Waals surface area contributed by atoms with Gasteiger partial charge in [-0.25, -0.2) is 0 Å². The van der Waals surface area contributed by atoms with Crippen LogP contribution < -0.4 is 5.73 Å². The van der Waals surface area contributed by atoms with Gasteiger partial charge in [0, 0.05) is 24.5 Å². The van der Waals surface area contributed by atoms with Crippen molar-refractivity contribution in [3.05, 3.63) is 42.2 Å². The number of anilines is 1. The van der Waals surface area contributed by atoms with Gasteiger partial charge in [-0.2, -0.15) is 0 Å². The number of nitrogen functional groups attached to an aromatic ring is 1.